The van der Waals surface area contributed by atoms with Crippen LogP contribution in [-0.4, -0.2) is 27.6 Å². The lowest BCUT2D eigenvalue weighted by atomic mass is 9.96. The number of benzene rings is 8. The Kier molecular flexibility index (Phi) is 7.86. The van der Waals surface area contributed by atoms with Crippen LogP contribution in [0.15, 0.2) is 212 Å². The molecule has 0 amide bonds. The minimum atomic E-state index is -2.71. The van der Waals surface area contributed by atoms with Crippen molar-refractivity contribution in [1.82, 2.24) is 19.5 Å². The lowest BCUT2D eigenvalue weighted by Gasteiger charge is -2.34. The Hall–Kier alpha value is -7.21. The molecule has 57 heavy (non-hydrogen) atoms. The van der Waals surface area contributed by atoms with Gasteiger partial charge in [-0.05, 0) is 55.1 Å². The van der Waals surface area contributed by atoms with E-state index in [2.05, 4.69) is 217 Å². The number of rotatable bonds is 7. The van der Waals surface area contributed by atoms with Gasteiger partial charge in [-0.1, -0.05) is 200 Å². The summed E-state index contributed by atoms with van der Waals surface area (Å²) in [7, 11) is -2.71. The summed E-state index contributed by atoms with van der Waals surface area (Å²) >= 11 is 0. The molecule has 1 aliphatic carbocycles. The standard InChI is InChI=1S/C52H36N4Si/c1-4-18-37(19-5-1)57(38-20-6-2-7-21-38,39-22-8-3-9-23-39)40-34-32-36(33-35-40)50-53-51(49-45-28-12-10-24-41(45)42-25-11-13-29-46(42)49)55-52(54-50)56-47-30-16-14-26-43(47)44-27-15-17-31-48(44)56/h1-35,49H. The van der Waals surface area contributed by atoms with Gasteiger partial charge in [-0.3, -0.25) is 4.57 Å². The fourth-order valence-corrected chi connectivity index (χ4v) is 14.0. The largest absolute Gasteiger partial charge is 0.278 e. The molecule has 0 atom stereocenters. The number of hydrogen-bond acceptors (Lipinski definition) is 3. The zero-order chi connectivity index (χ0) is 37.8. The van der Waals surface area contributed by atoms with Crippen molar-refractivity contribution in [2.75, 3.05) is 0 Å². The highest BCUT2D eigenvalue weighted by Crippen LogP contribution is 2.47. The van der Waals surface area contributed by atoms with Crippen molar-refractivity contribution in [2.24, 2.45) is 0 Å². The smallest absolute Gasteiger partial charge is 0.238 e. The van der Waals surface area contributed by atoms with Crippen molar-refractivity contribution in [3.63, 3.8) is 0 Å². The van der Waals surface area contributed by atoms with Gasteiger partial charge in [0.05, 0.1) is 17.0 Å². The summed E-state index contributed by atoms with van der Waals surface area (Å²) in [5, 5.41) is 7.65. The van der Waals surface area contributed by atoms with E-state index in [0.717, 1.165) is 22.4 Å². The molecule has 2 heterocycles. The summed E-state index contributed by atoms with van der Waals surface area (Å²) in [5.41, 5.74) is 7.95. The molecule has 0 aliphatic heterocycles. The van der Waals surface area contributed by atoms with Gasteiger partial charge in [0.1, 0.15) is 5.82 Å². The highest BCUT2D eigenvalue weighted by molar-refractivity contribution is 7.19. The first-order valence-corrected chi connectivity index (χ1v) is 21.5. The van der Waals surface area contributed by atoms with E-state index in [4.69, 9.17) is 15.0 Å². The van der Waals surface area contributed by atoms with Crippen molar-refractivity contribution in [3.05, 3.63) is 229 Å². The molecule has 0 bridgehead atoms. The third-order valence-electron chi connectivity index (χ3n) is 11.7. The first kappa shape index (κ1) is 33.2. The van der Waals surface area contributed by atoms with Gasteiger partial charge in [-0.25, -0.2) is 4.98 Å². The van der Waals surface area contributed by atoms with E-state index < -0.39 is 8.07 Å². The topological polar surface area (TPSA) is 43.6 Å². The van der Waals surface area contributed by atoms with Crippen molar-refractivity contribution in [3.8, 4) is 28.5 Å². The van der Waals surface area contributed by atoms with Gasteiger partial charge in [-0.2, -0.15) is 9.97 Å². The molecule has 0 saturated heterocycles. The Bertz CT molecular complexity index is 2870. The average molecular weight is 745 g/mol. The predicted molar refractivity (Wildman–Crippen MR) is 236 cm³/mol. The Morgan fingerprint density at radius 2 is 0.789 bits per heavy atom. The first-order valence-electron chi connectivity index (χ1n) is 19.5. The summed E-state index contributed by atoms with van der Waals surface area (Å²) in [6, 6.07) is 76.6. The summed E-state index contributed by atoms with van der Waals surface area (Å²) < 4.78 is 2.21. The van der Waals surface area contributed by atoms with Crippen LogP contribution >= 0.6 is 0 Å². The van der Waals surface area contributed by atoms with Crippen molar-refractivity contribution >= 4 is 50.6 Å². The molecule has 10 aromatic rings. The van der Waals surface area contributed by atoms with Gasteiger partial charge in [0.25, 0.3) is 0 Å². The van der Waals surface area contributed by atoms with Crippen LogP contribution in [0.3, 0.4) is 0 Å². The van der Waals surface area contributed by atoms with Crippen molar-refractivity contribution < 1.29 is 0 Å². The minimum Gasteiger partial charge on any atom is -0.278 e. The molecule has 0 fully saturated rings. The third kappa shape index (κ3) is 5.24. The molecule has 8 aromatic carbocycles. The van der Waals surface area contributed by atoms with Gasteiger partial charge in [0.2, 0.25) is 5.95 Å². The number of fused-ring (bicyclic) bond motifs is 6. The molecule has 5 heteroatoms. The number of nitrogens with zero attached hydrogens (tertiary/aromatic N) is 4. The highest BCUT2D eigenvalue weighted by atomic mass is 28.3. The van der Waals surface area contributed by atoms with Gasteiger partial charge < -0.3 is 0 Å². The van der Waals surface area contributed by atoms with Crippen LogP contribution < -0.4 is 20.7 Å². The van der Waals surface area contributed by atoms with Crippen LogP contribution in [0.2, 0.25) is 0 Å². The zero-order valence-electron chi connectivity index (χ0n) is 31.1. The third-order valence-corrected chi connectivity index (χ3v) is 16.5. The van der Waals surface area contributed by atoms with Crippen LogP contribution in [-0.2, 0) is 0 Å². The maximum atomic E-state index is 5.40. The van der Waals surface area contributed by atoms with E-state index in [1.165, 1.54) is 53.8 Å². The molecule has 0 unspecified atom stereocenters. The summed E-state index contributed by atoms with van der Waals surface area (Å²) in [6.45, 7) is 0. The van der Waals surface area contributed by atoms with Crippen LogP contribution in [0.1, 0.15) is 22.9 Å². The average Bonchev–Trinajstić information content (AvgIpc) is 3.81. The quantitative estimate of drug-likeness (QED) is 0.121. The Morgan fingerprint density at radius 1 is 0.368 bits per heavy atom. The van der Waals surface area contributed by atoms with Gasteiger partial charge in [-0.15, -0.1) is 0 Å². The zero-order valence-corrected chi connectivity index (χ0v) is 32.1. The fourth-order valence-electron chi connectivity index (χ4n) is 9.24. The summed E-state index contributed by atoms with van der Waals surface area (Å²) in [6.07, 6.45) is 0. The van der Waals surface area contributed by atoms with Crippen LogP contribution in [0.4, 0.5) is 0 Å². The molecule has 4 nitrogen and oxygen atoms in total. The molecule has 2 aromatic heterocycles. The molecule has 11 rings (SSSR count). The van der Waals surface area contributed by atoms with Gasteiger partial charge in [0.15, 0.2) is 13.9 Å². The van der Waals surface area contributed by atoms with E-state index >= 15 is 0 Å². The second kappa shape index (κ2) is 13.5. The monoisotopic (exact) mass is 744 g/mol. The number of aromatic nitrogens is 4. The molecule has 0 spiro atoms. The van der Waals surface area contributed by atoms with E-state index in [1.807, 2.05) is 0 Å². The maximum absolute atomic E-state index is 5.40. The van der Waals surface area contributed by atoms with Crippen LogP contribution in [0, 0.1) is 0 Å². The van der Waals surface area contributed by atoms with Crippen molar-refractivity contribution in [2.45, 2.75) is 5.92 Å². The fraction of sp³-hybridized carbons (Fsp3) is 0.0192. The Labute approximate surface area is 332 Å². The molecule has 0 saturated carbocycles. The second-order valence-electron chi connectivity index (χ2n) is 14.7. The van der Waals surface area contributed by atoms with E-state index in [0.29, 0.717) is 11.8 Å². The predicted octanol–water partition coefficient (Wildman–Crippen LogP) is 9.17. The van der Waals surface area contributed by atoms with Gasteiger partial charge in [0, 0.05) is 16.3 Å². The van der Waals surface area contributed by atoms with E-state index in [1.54, 1.807) is 0 Å². The summed E-state index contributed by atoms with van der Waals surface area (Å²) in [4.78, 5) is 16.1. The van der Waals surface area contributed by atoms with Gasteiger partial charge >= 0.3 is 0 Å². The first-order chi connectivity index (χ1) is 28.3. The Balaban J connectivity index is 1.15. The number of hydrogen-bond donors (Lipinski definition) is 0. The molecule has 0 radical (unpaired) electrons. The van der Waals surface area contributed by atoms with E-state index in [9.17, 15) is 0 Å². The second-order valence-corrected chi connectivity index (χ2v) is 18.5. The Morgan fingerprint density at radius 3 is 1.30 bits per heavy atom. The van der Waals surface area contributed by atoms with E-state index in [-0.39, 0.29) is 5.92 Å². The lowest BCUT2D eigenvalue weighted by Crippen LogP contribution is -2.74. The summed E-state index contributed by atoms with van der Waals surface area (Å²) in [5.74, 6) is 1.86. The molecule has 0 N–H and O–H groups in total. The minimum absolute atomic E-state index is 0.139. The van der Waals surface area contributed by atoms with Crippen LogP contribution in [0.25, 0.3) is 50.3 Å². The molecule has 268 valence electrons. The molecule has 1 aliphatic rings. The van der Waals surface area contributed by atoms with Crippen molar-refractivity contribution in [1.29, 1.82) is 0 Å². The number of para-hydroxylation sites is 2. The normalized spacial score (nSPS) is 12.5. The SMILES string of the molecule is c1ccc([Si](c2ccccc2)(c2ccccc2)c2ccc(-c3nc(C4c5ccccc5-c5ccccc54)nc(-n4c5ccccc5c5ccccc54)n3)cc2)cc1. The lowest BCUT2D eigenvalue weighted by molar-refractivity contribution is 0.823. The maximum Gasteiger partial charge on any atom is 0.238 e. The highest BCUT2D eigenvalue weighted by Gasteiger charge is 2.41. The van der Waals surface area contributed by atoms with Crippen LogP contribution in [0.5, 0.6) is 0 Å². The molecular weight excluding hydrogens is 709 g/mol. The molecular formula is C52H36N4Si.